The number of ether oxygens (including phenoxy) is 2. The predicted molar refractivity (Wildman–Crippen MR) is 80.1 cm³/mol. The molecule has 0 unspecified atom stereocenters. The minimum absolute atomic E-state index is 0.259. The fourth-order valence-corrected chi connectivity index (χ4v) is 2.98. The van der Waals surface area contributed by atoms with Gasteiger partial charge in [0.25, 0.3) is 0 Å². The van der Waals surface area contributed by atoms with Gasteiger partial charge in [-0.05, 0) is 35.2 Å². The monoisotopic (exact) mass is 280 g/mol. The van der Waals surface area contributed by atoms with Crippen LogP contribution in [0.5, 0.6) is 11.5 Å². The third kappa shape index (κ3) is 2.19. The Labute approximate surface area is 123 Å². The average Bonchev–Trinajstić information content (AvgIpc) is 2.74. The molecule has 4 rings (SSSR count). The third-order valence-electron chi connectivity index (χ3n) is 4.11. The zero-order valence-corrected chi connectivity index (χ0v) is 11.7. The van der Waals surface area contributed by atoms with E-state index in [1.807, 2.05) is 30.3 Å². The summed E-state index contributed by atoms with van der Waals surface area (Å²) >= 11 is 0. The molecule has 106 valence electrons. The number of carbonyl (C=O) groups is 1. The lowest BCUT2D eigenvalue weighted by molar-refractivity contribution is 0.0994. The molecule has 0 bridgehead atoms. The van der Waals surface area contributed by atoms with E-state index in [4.69, 9.17) is 9.47 Å². The molecular weight excluding hydrogens is 264 g/mol. The Morgan fingerprint density at radius 3 is 2.48 bits per heavy atom. The van der Waals surface area contributed by atoms with Gasteiger partial charge < -0.3 is 9.47 Å². The van der Waals surface area contributed by atoms with Gasteiger partial charge in [0.2, 0.25) is 0 Å². The van der Waals surface area contributed by atoms with E-state index in [-0.39, 0.29) is 5.78 Å². The van der Waals surface area contributed by atoms with Crippen LogP contribution in [0, 0.1) is 0 Å². The summed E-state index contributed by atoms with van der Waals surface area (Å²) in [6.07, 6.45) is 2.40. The van der Waals surface area contributed by atoms with E-state index in [0.717, 1.165) is 46.6 Å². The third-order valence-corrected chi connectivity index (χ3v) is 4.11. The zero-order chi connectivity index (χ0) is 14.2. The first-order chi connectivity index (χ1) is 10.3. The van der Waals surface area contributed by atoms with Crippen molar-refractivity contribution in [3.05, 3.63) is 47.5 Å². The Bertz CT molecular complexity index is 718. The number of benzene rings is 2. The lowest BCUT2D eigenvalue weighted by atomic mass is 10.00. The second kappa shape index (κ2) is 4.92. The first kappa shape index (κ1) is 12.5. The van der Waals surface area contributed by atoms with Gasteiger partial charge in [-0.25, -0.2) is 0 Å². The molecule has 21 heavy (non-hydrogen) atoms. The highest BCUT2D eigenvalue weighted by Gasteiger charge is 2.20. The molecule has 2 aromatic carbocycles. The average molecular weight is 280 g/mol. The number of hydrogen-bond acceptors (Lipinski definition) is 3. The topological polar surface area (TPSA) is 35.5 Å². The molecule has 2 aromatic rings. The van der Waals surface area contributed by atoms with Crippen molar-refractivity contribution < 1.29 is 14.3 Å². The van der Waals surface area contributed by atoms with Crippen LogP contribution in [-0.4, -0.2) is 19.0 Å². The van der Waals surface area contributed by atoms with Crippen molar-refractivity contribution in [3.63, 3.8) is 0 Å². The molecule has 0 atom stereocenters. The molecule has 0 saturated carbocycles. The molecule has 3 heteroatoms. The van der Waals surface area contributed by atoms with Crippen LogP contribution >= 0.6 is 0 Å². The van der Waals surface area contributed by atoms with Gasteiger partial charge in [0.05, 0.1) is 13.2 Å². The lowest BCUT2D eigenvalue weighted by Crippen LogP contribution is -1.97. The maximum absolute atomic E-state index is 11.7. The van der Waals surface area contributed by atoms with Crippen molar-refractivity contribution in [1.82, 2.24) is 0 Å². The summed E-state index contributed by atoms with van der Waals surface area (Å²) in [5.74, 6) is 1.88. The quantitative estimate of drug-likeness (QED) is 0.800. The van der Waals surface area contributed by atoms with Crippen molar-refractivity contribution >= 4 is 5.78 Å². The first-order valence-electron chi connectivity index (χ1n) is 7.37. The number of carbonyl (C=O) groups excluding carboxylic acids is 1. The number of Topliss-reactive ketones (excluding diaryl/α,β-unsaturated/α-hetero) is 1. The van der Waals surface area contributed by atoms with E-state index in [2.05, 4.69) is 6.07 Å². The van der Waals surface area contributed by atoms with E-state index in [1.165, 1.54) is 0 Å². The molecule has 0 N–H and O–H groups in total. The lowest BCUT2D eigenvalue weighted by Gasteiger charge is -2.10. The standard InChI is InChI=1S/C18H16O3/c19-16-6-3-14-10-12(2-5-15(14)16)13-4-7-17-18(11-13)21-9-1-8-20-17/h2,4-5,7,10-11H,1,3,6,8-9H2. The molecule has 0 spiro atoms. The minimum Gasteiger partial charge on any atom is -0.490 e. The van der Waals surface area contributed by atoms with Crippen LogP contribution in [0.15, 0.2) is 36.4 Å². The second-order valence-corrected chi connectivity index (χ2v) is 5.51. The summed E-state index contributed by atoms with van der Waals surface area (Å²) in [7, 11) is 0. The van der Waals surface area contributed by atoms with Crippen LogP contribution in [0.2, 0.25) is 0 Å². The molecule has 1 aliphatic heterocycles. The molecule has 0 radical (unpaired) electrons. The van der Waals surface area contributed by atoms with E-state index in [0.29, 0.717) is 19.6 Å². The maximum atomic E-state index is 11.7. The van der Waals surface area contributed by atoms with Crippen molar-refractivity contribution in [3.8, 4) is 22.6 Å². The molecular formula is C18H16O3. The number of hydrogen-bond donors (Lipinski definition) is 0. The molecule has 0 fully saturated rings. The summed E-state index contributed by atoms with van der Waals surface area (Å²) in [5.41, 5.74) is 4.26. The van der Waals surface area contributed by atoms with Gasteiger partial charge in [-0.2, -0.15) is 0 Å². The zero-order valence-electron chi connectivity index (χ0n) is 11.7. The first-order valence-corrected chi connectivity index (χ1v) is 7.37. The van der Waals surface area contributed by atoms with Crippen LogP contribution in [0.25, 0.3) is 11.1 Å². The van der Waals surface area contributed by atoms with E-state index in [1.54, 1.807) is 0 Å². The van der Waals surface area contributed by atoms with Crippen molar-refractivity contribution in [2.24, 2.45) is 0 Å². The Kier molecular flexibility index (Phi) is 2.92. The van der Waals surface area contributed by atoms with Crippen LogP contribution in [0.4, 0.5) is 0 Å². The second-order valence-electron chi connectivity index (χ2n) is 5.51. The fraction of sp³-hybridized carbons (Fsp3) is 0.278. The molecule has 2 aliphatic rings. The predicted octanol–water partition coefficient (Wildman–Crippen LogP) is 3.64. The van der Waals surface area contributed by atoms with Crippen molar-refractivity contribution in [1.29, 1.82) is 0 Å². The van der Waals surface area contributed by atoms with Gasteiger partial charge in [-0.1, -0.05) is 24.3 Å². The van der Waals surface area contributed by atoms with Gasteiger partial charge in [-0.3, -0.25) is 4.79 Å². The minimum atomic E-state index is 0.259. The van der Waals surface area contributed by atoms with Crippen molar-refractivity contribution in [2.75, 3.05) is 13.2 Å². The SMILES string of the molecule is O=C1CCc2cc(-c3ccc4c(c3)OCCCO4)ccc21. The summed E-state index contributed by atoms with van der Waals surface area (Å²) in [4.78, 5) is 11.7. The Balaban J connectivity index is 1.74. The molecule has 1 heterocycles. The number of fused-ring (bicyclic) bond motifs is 2. The fourth-order valence-electron chi connectivity index (χ4n) is 2.98. The Morgan fingerprint density at radius 1 is 0.810 bits per heavy atom. The highest BCUT2D eigenvalue weighted by atomic mass is 16.5. The molecule has 3 nitrogen and oxygen atoms in total. The summed E-state index contributed by atoms with van der Waals surface area (Å²) < 4.78 is 11.4. The number of rotatable bonds is 1. The molecule has 0 aromatic heterocycles. The number of aryl methyl sites for hydroxylation is 1. The normalized spacial score (nSPS) is 16.5. The van der Waals surface area contributed by atoms with Crippen LogP contribution in [0.1, 0.15) is 28.8 Å². The van der Waals surface area contributed by atoms with Gasteiger partial charge >= 0.3 is 0 Å². The summed E-state index contributed by atoms with van der Waals surface area (Å²) in [6, 6.07) is 12.1. The summed E-state index contributed by atoms with van der Waals surface area (Å²) in [5, 5.41) is 0. The van der Waals surface area contributed by atoms with Crippen molar-refractivity contribution in [2.45, 2.75) is 19.3 Å². The molecule has 0 saturated heterocycles. The van der Waals surface area contributed by atoms with E-state index in [9.17, 15) is 4.79 Å². The van der Waals surface area contributed by atoms with E-state index >= 15 is 0 Å². The number of ketones is 1. The summed E-state index contributed by atoms with van der Waals surface area (Å²) in [6.45, 7) is 1.39. The van der Waals surface area contributed by atoms with Gasteiger partial charge in [0.1, 0.15) is 0 Å². The van der Waals surface area contributed by atoms with E-state index < -0.39 is 0 Å². The Hall–Kier alpha value is -2.29. The van der Waals surface area contributed by atoms with Gasteiger partial charge in [0, 0.05) is 18.4 Å². The van der Waals surface area contributed by atoms with Crippen LogP contribution in [0.3, 0.4) is 0 Å². The molecule has 0 amide bonds. The highest BCUT2D eigenvalue weighted by molar-refractivity contribution is 6.01. The van der Waals surface area contributed by atoms with Gasteiger partial charge in [-0.15, -0.1) is 0 Å². The van der Waals surface area contributed by atoms with Crippen LogP contribution < -0.4 is 9.47 Å². The van der Waals surface area contributed by atoms with Crippen LogP contribution in [-0.2, 0) is 6.42 Å². The van der Waals surface area contributed by atoms with Gasteiger partial charge in [0.15, 0.2) is 17.3 Å². The smallest absolute Gasteiger partial charge is 0.163 e. The maximum Gasteiger partial charge on any atom is 0.163 e. The highest BCUT2D eigenvalue weighted by Crippen LogP contribution is 2.35. The largest absolute Gasteiger partial charge is 0.490 e. The Morgan fingerprint density at radius 2 is 1.57 bits per heavy atom. The molecule has 1 aliphatic carbocycles.